The van der Waals surface area contributed by atoms with E-state index in [4.69, 9.17) is 9.47 Å². The number of carbonyl (C=O) groups excluding carboxylic acids is 1. The summed E-state index contributed by atoms with van der Waals surface area (Å²) in [4.78, 5) is 12.2. The summed E-state index contributed by atoms with van der Waals surface area (Å²) in [6, 6.07) is 5.30. The van der Waals surface area contributed by atoms with Crippen molar-refractivity contribution in [2.75, 3.05) is 14.2 Å². The first kappa shape index (κ1) is 14.6. The molecule has 0 saturated carbocycles. The van der Waals surface area contributed by atoms with Gasteiger partial charge in [0.15, 0.2) is 5.78 Å². The fraction of sp³-hybridized carbons (Fsp3) is 0.533. The smallest absolute Gasteiger partial charge is 0.166 e. The second kappa shape index (κ2) is 5.89. The maximum atomic E-state index is 12.2. The Morgan fingerprint density at radius 3 is 2.33 bits per heavy atom. The minimum absolute atomic E-state index is 0.0978. The first-order valence-corrected chi connectivity index (χ1v) is 6.12. The van der Waals surface area contributed by atoms with E-state index in [0.717, 1.165) is 6.42 Å². The molecule has 1 aromatic carbocycles. The van der Waals surface area contributed by atoms with Crippen molar-refractivity contribution in [1.82, 2.24) is 0 Å². The first-order chi connectivity index (χ1) is 8.37. The summed E-state index contributed by atoms with van der Waals surface area (Å²) in [5, 5.41) is 0. The normalized spacial score (nSPS) is 11.2. The molecule has 1 rings (SSSR count). The Labute approximate surface area is 109 Å². The van der Waals surface area contributed by atoms with Crippen molar-refractivity contribution in [2.24, 2.45) is 5.41 Å². The zero-order chi connectivity index (χ0) is 13.8. The Hall–Kier alpha value is -1.51. The molecule has 0 aliphatic carbocycles. The van der Waals surface area contributed by atoms with Crippen LogP contribution < -0.4 is 9.47 Å². The van der Waals surface area contributed by atoms with Gasteiger partial charge in [0.25, 0.3) is 0 Å². The number of carbonyl (C=O) groups is 1. The summed E-state index contributed by atoms with van der Waals surface area (Å²) in [6.07, 6.45) is 1.37. The Morgan fingerprint density at radius 2 is 1.83 bits per heavy atom. The van der Waals surface area contributed by atoms with E-state index < -0.39 is 0 Å². The molecular weight excluding hydrogens is 228 g/mol. The van der Waals surface area contributed by atoms with E-state index in [-0.39, 0.29) is 11.2 Å². The van der Waals surface area contributed by atoms with E-state index in [2.05, 4.69) is 20.8 Å². The molecule has 0 aliphatic heterocycles. The molecule has 0 aromatic heterocycles. The summed E-state index contributed by atoms with van der Waals surface area (Å²) < 4.78 is 10.4. The maximum Gasteiger partial charge on any atom is 0.166 e. The summed E-state index contributed by atoms with van der Waals surface area (Å²) >= 11 is 0. The van der Waals surface area contributed by atoms with Crippen molar-refractivity contribution < 1.29 is 14.3 Å². The molecule has 0 unspecified atom stereocenters. The van der Waals surface area contributed by atoms with Crippen molar-refractivity contribution in [3.63, 3.8) is 0 Å². The molecule has 0 saturated heterocycles. The molecular formula is C15H22O3. The second-order valence-electron chi connectivity index (χ2n) is 5.55. The Balaban J connectivity index is 2.89. The highest BCUT2D eigenvalue weighted by molar-refractivity contribution is 5.99. The van der Waals surface area contributed by atoms with E-state index >= 15 is 0 Å². The predicted octanol–water partition coefficient (Wildman–Crippen LogP) is 3.71. The quantitative estimate of drug-likeness (QED) is 0.747. The third-order valence-corrected chi connectivity index (χ3v) is 2.81. The molecule has 3 nitrogen and oxygen atoms in total. The van der Waals surface area contributed by atoms with Crippen LogP contribution in [0.3, 0.4) is 0 Å². The van der Waals surface area contributed by atoms with Gasteiger partial charge in [-0.05, 0) is 30.0 Å². The molecule has 0 heterocycles. The van der Waals surface area contributed by atoms with Gasteiger partial charge in [-0.25, -0.2) is 0 Å². The highest BCUT2D eigenvalue weighted by Crippen LogP contribution is 2.28. The average molecular weight is 250 g/mol. The van der Waals surface area contributed by atoms with Gasteiger partial charge < -0.3 is 9.47 Å². The summed E-state index contributed by atoms with van der Waals surface area (Å²) in [6.45, 7) is 6.38. The fourth-order valence-electron chi connectivity index (χ4n) is 1.66. The Bertz CT molecular complexity index is 416. The van der Waals surface area contributed by atoms with Crippen LogP contribution in [0, 0.1) is 5.41 Å². The number of hydrogen-bond acceptors (Lipinski definition) is 3. The van der Waals surface area contributed by atoms with Crippen molar-refractivity contribution in [3.05, 3.63) is 23.8 Å². The van der Waals surface area contributed by atoms with Crippen molar-refractivity contribution in [1.29, 1.82) is 0 Å². The lowest BCUT2D eigenvalue weighted by molar-refractivity contribution is 0.0962. The van der Waals surface area contributed by atoms with Crippen LogP contribution in [0.25, 0.3) is 0 Å². The molecule has 0 fully saturated rings. The number of benzene rings is 1. The number of ketones is 1. The van der Waals surface area contributed by atoms with E-state index in [1.54, 1.807) is 32.4 Å². The molecule has 0 spiro atoms. The van der Waals surface area contributed by atoms with Crippen molar-refractivity contribution in [3.8, 4) is 11.5 Å². The van der Waals surface area contributed by atoms with E-state index in [1.165, 1.54) is 0 Å². The lowest BCUT2D eigenvalue weighted by atomic mass is 9.88. The van der Waals surface area contributed by atoms with Gasteiger partial charge in [-0.3, -0.25) is 4.79 Å². The van der Waals surface area contributed by atoms with Gasteiger partial charge >= 0.3 is 0 Å². The molecule has 0 radical (unpaired) electrons. The minimum Gasteiger partial charge on any atom is -0.497 e. The van der Waals surface area contributed by atoms with Gasteiger partial charge in [0.05, 0.1) is 19.8 Å². The zero-order valence-corrected chi connectivity index (χ0v) is 11.9. The molecule has 100 valence electrons. The SMILES string of the molecule is COc1ccc(OC)c(C(=O)CCC(C)(C)C)c1. The molecule has 0 atom stereocenters. The highest BCUT2D eigenvalue weighted by atomic mass is 16.5. The van der Waals surface area contributed by atoms with E-state index in [0.29, 0.717) is 23.5 Å². The summed E-state index contributed by atoms with van der Waals surface area (Å²) in [5.74, 6) is 1.38. The van der Waals surface area contributed by atoms with Crippen LogP contribution in [0.5, 0.6) is 11.5 Å². The zero-order valence-electron chi connectivity index (χ0n) is 11.9. The molecule has 1 aromatic rings. The van der Waals surface area contributed by atoms with Gasteiger partial charge in [0.1, 0.15) is 11.5 Å². The van der Waals surface area contributed by atoms with Gasteiger partial charge in [-0.2, -0.15) is 0 Å². The predicted molar refractivity (Wildman–Crippen MR) is 72.6 cm³/mol. The topological polar surface area (TPSA) is 35.5 Å². The molecule has 0 bridgehead atoms. The average Bonchev–Trinajstić information content (AvgIpc) is 2.34. The van der Waals surface area contributed by atoms with Crippen LogP contribution >= 0.6 is 0 Å². The number of Topliss-reactive ketones (excluding diaryl/α,β-unsaturated/α-hetero) is 1. The summed E-state index contributed by atoms with van der Waals surface area (Å²) in [7, 11) is 3.16. The largest absolute Gasteiger partial charge is 0.497 e. The van der Waals surface area contributed by atoms with Crippen molar-refractivity contribution >= 4 is 5.78 Å². The van der Waals surface area contributed by atoms with Crippen molar-refractivity contribution in [2.45, 2.75) is 33.6 Å². The Morgan fingerprint density at radius 1 is 1.17 bits per heavy atom. The number of ether oxygens (including phenoxy) is 2. The minimum atomic E-state index is 0.0978. The van der Waals surface area contributed by atoms with Gasteiger partial charge in [-0.1, -0.05) is 20.8 Å². The lowest BCUT2D eigenvalue weighted by Crippen LogP contribution is -2.10. The third kappa shape index (κ3) is 4.06. The van der Waals surface area contributed by atoms with E-state index in [1.807, 2.05) is 0 Å². The van der Waals surface area contributed by atoms with E-state index in [9.17, 15) is 4.79 Å². The molecule has 0 amide bonds. The molecule has 18 heavy (non-hydrogen) atoms. The van der Waals surface area contributed by atoms with Crippen LogP contribution in [0.15, 0.2) is 18.2 Å². The lowest BCUT2D eigenvalue weighted by Gasteiger charge is -2.17. The third-order valence-electron chi connectivity index (χ3n) is 2.81. The Kier molecular flexibility index (Phi) is 4.76. The number of hydrogen-bond donors (Lipinski definition) is 0. The van der Waals surface area contributed by atoms with Gasteiger partial charge in [-0.15, -0.1) is 0 Å². The number of methoxy groups -OCH3 is 2. The standard InChI is InChI=1S/C15H22O3/c1-15(2,3)9-8-13(16)12-10-11(17-4)6-7-14(12)18-5/h6-7,10H,8-9H2,1-5H3. The van der Waals surface area contributed by atoms with Crippen LogP contribution in [0.2, 0.25) is 0 Å². The molecule has 0 aliphatic rings. The van der Waals surface area contributed by atoms with Crippen LogP contribution in [-0.2, 0) is 0 Å². The van der Waals surface area contributed by atoms with Gasteiger partial charge in [0.2, 0.25) is 0 Å². The number of rotatable bonds is 5. The first-order valence-electron chi connectivity index (χ1n) is 6.12. The molecule has 3 heteroatoms. The van der Waals surface area contributed by atoms with Crippen LogP contribution in [0.1, 0.15) is 44.0 Å². The van der Waals surface area contributed by atoms with Crippen LogP contribution in [-0.4, -0.2) is 20.0 Å². The highest BCUT2D eigenvalue weighted by Gasteiger charge is 2.17. The van der Waals surface area contributed by atoms with Gasteiger partial charge in [0, 0.05) is 6.42 Å². The van der Waals surface area contributed by atoms with Crippen LogP contribution in [0.4, 0.5) is 0 Å². The fourth-order valence-corrected chi connectivity index (χ4v) is 1.66. The maximum absolute atomic E-state index is 12.2. The second-order valence-corrected chi connectivity index (χ2v) is 5.55. The molecule has 0 N–H and O–H groups in total. The summed E-state index contributed by atoms with van der Waals surface area (Å²) in [5.41, 5.74) is 0.753. The monoisotopic (exact) mass is 250 g/mol.